The second kappa shape index (κ2) is 10.2. The number of hydrogen-bond acceptors (Lipinski definition) is 3. The largest absolute Gasteiger partial charge is 0.334 e. The zero-order valence-electron chi connectivity index (χ0n) is 22.9. The minimum Gasteiger partial charge on any atom is -0.334 e. The van der Waals surface area contributed by atoms with Gasteiger partial charge < -0.3 is 9.09 Å². The van der Waals surface area contributed by atoms with E-state index in [1.807, 2.05) is 30.3 Å². The van der Waals surface area contributed by atoms with Crippen molar-refractivity contribution in [3.8, 4) is 39.7 Å². The van der Waals surface area contributed by atoms with Crippen molar-refractivity contribution in [1.29, 1.82) is 0 Å². The van der Waals surface area contributed by atoms with Crippen molar-refractivity contribution in [2.24, 2.45) is 0 Å². The molecule has 42 heavy (non-hydrogen) atoms. The van der Waals surface area contributed by atoms with Crippen LogP contribution in [0.25, 0.3) is 56.6 Å². The summed E-state index contributed by atoms with van der Waals surface area (Å²) in [5.41, 5.74) is 10.6. The topological polar surface area (TPSA) is 43.9 Å². The van der Waals surface area contributed by atoms with Gasteiger partial charge in [0, 0.05) is 33.8 Å². The van der Waals surface area contributed by atoms with Gasteiger partial charge in [0.2, 0.25) is 5.82 Å². The Kier molecular flexibility index (Phi) is 5.89. The van der Waals surface area contributed by atoms with Crippen molar-refractivity contribution in [3.63, 3.8) is 0 Å². The third-order valence-electron chi connectivity index (χ3n) is 8.19. The third kappa shape index (κ3) is 4.25. The average molecular weight is 542 g/mol. The van der Waals surface area contributed by atoms with E-state index < -0.39 is 0 Å². The van der Waals surface area contributed by atoms with E-state index in [4.69, 9.17) is 4.52 Å². The molecule has 200 valence electrons. The first kappa shape index (κ1) is 24.3. The summed E-state index contributed by atoms with van der Waals surface area (Å²) in [5.74, 6) is 1.45. The van der Waals surface area contributed by atoms with Crippen LogP contribution < -0.4 is 0 Å². The smallest absolute Gasteiger partial charge is 0.258 e. The normalized spacial score (nSPS) is 14.2. The lowest BCUT2D eigenvalue weighted by molar-refractivity contribution is 0.432. The predicted molar refractivity (Wildman–Crippen MR) is 169 cm³/mol. The Morgan fingerprint density at radius 2 is 1.31 bits per heavy atom. The highest BCUT2D eigenvalue weighted by Gasteiger charge is 2.24. The van der Waals surface area contributed by atoms with Gasteiger partial charge in [-0.2, -0.15) is 4.98 Å². The van der Waals surface area contributed by atoms with Gasteiger partial charge in [-0.1, -0.05) is 108 Å². The van der Waals surface area contributed by atoms with Crippen molar-refractivity contribution in [2.75, 3.05) is 0 Å². The summed E-state index contributed by atoms with van der Waals surface area (Å²) in [5, 5.41) is 5.49. The fourth-order valence-corrected chi connectivity index (χ4v) is 6.08. The van der Waals surface area contributed by atoms with Crippen molar-refractivity contribution in [1.82, 2.24) is 14.7 Å². The van der Waals surface area contributed by atoms with Crippen molar-refractivity contribution in [3.05, 3.63) is 156 Å². The van der Waals surface area contributed by atoms with Crippen LogP contribution in [-0.2, 0) is 6.42 Å². The van der Waals surface area contributed by atoms with Crippen LogP contribution in [-0.4, -0.2) is 14.7 Å². The summed E-state index contributed by atoms with van der Waals surface area (Å²) in [6.07, 6.45) is 5.61. The highest BCUT2D eigenvalue weighted by molar-refractivity contribution is 5.94. The van der Waals surface area contributed by atoms with Gasteiger partial charge in [0.05, 0.1) is 5.52 Å². The van der Waals surface area contributed by atoms with E-state index >= 15 is 0 Å². The van der Waals surface area contributed by atoms with Gasteiger partial charge in [0.1, 0.15) is 0 Å². The molecule has 1 atom stereocenters. The second-order valence-corrected chi connectivity index (χ2v) is 10.7. The molecule has 0 saturated carbocycles. The Bertz CT molecular complexity index is 2040. The van der Waals surface area contributed by atoms with E-state index in [0.29, 0.717) is 17.6 Å². The van der Waals surface area contributed by atoms with Gasteiger partial charge in [-0.25, -0.2) is 0 Å². The lowest BCUT2D eigenvalue weighted by atomic mass is 9.86. The second-order valence-electron chi connectivity index (χ2n) is 10.7. The molecule has 0 radical (unpaired) electrons. The number of allylic oxidation sites excluding steroid dienone is 1. The lowest BCUT2D eigenvalue weighted by Gasteiger charge is -2.19. The molecule has 1 unspecified atom stereocenters. The van der Waals surface area contributed by atoms with Gasteiger partial charge in [-0.05, 0) is 71.1 Å². The first-order valence-corrected chi connectivity index (χ1v) is 14.3. The van der Waals surface area contributed by atoms with Gasteiger partial charge in [-0.3, -0.25) is 0 Å². The molecule has 0 aliphatic heterocycles. The maximum absolute atomic E-state index is 5.63. The predicted octanol–water partition coefficient (Wildman–Crippen LogP) is 9.37. The van der Waals surface area contributed by atoms with Crippen LogP contribution in [0.2, 0.25) is 0 Å². The highest BCUT2D eigenvalue weighted by atomic mass is 16.5. The minimum absolute atomic E-state index is 0.344. The van der Waals surface area contributed by atoms with E-state index in [1.54, 1.807) is 0 Å². The first-order valence-electron chi connectivity index (χ1n) is 14.3. The van der Waals surface area contributed by atoms with Gasteiger partial charge >= 0.3 is 0 Å². The molecule has 0 amide bonds. The Balaban J connectivity index is 1.22. The van der Waals surface area contributed by atoms with Gasteiger partial charge in [0.15, 0.2) is 0 Å². The summed E-state index contributed by atoms with van der Waals surface area (Å²) in [6.45, 7) is 0. The molecule has 0 fully saturated rings. The SMILES string of the molecule is C1=CC(c2ccccc2)Cc2c1n(-c1ccc(-c3nc(-c4ccccc4)no3)cc1)c1ccc(-c3ccccc3)cc21. The van der Waals surface area contributed by atoms with Crippen LogP contribution >= 0.6 is 0 Å². The van der Waals surface area contributed by atoms with Crippen LogP contribution in [0.4, 0.5) is 0 Å². The molecular weight excluding hydrogens is 514 g/mol. The van der Waals surface area contributed by atoms with Crippen molar-refractivity contribution in [2.45, 2.75) is 12.3 Å². The number of fused-ring (bicyclic) bond motifs is 3. The molecular formula is C38H27N3O. The zero-order valence-corrected chi connectivity index (χ0v) is 22.9. The third-order valence-corrected chi connectivity index (χ3v) is 8.19. The molecule has 8 rings (SSSR count). The maximum atomic E-state index is 5.63. The standard InChI is InChI=1S/C38H27N3O/c1-4-10-26(11-5-1)30-18-22-35-33(24-30)34-25-31(27-12-6-2-7-13-27)19-23-36(34)41(35)32-20-16-29(17-21-32)38-39-37(40-42-38)28-14-8-3-9-15-28/h1-24,31H,25H2. The van der Waals surface area contributed by atoms with E-state index in [0.717, 1.165) is 23.2 Å². The Labute approximate surface area is 244 Å². The van der Waals surface area contributed by atoms with E-state index in [-0.39, 0.29) is 0 Å². The van der Waals surface area contributed by atoms with Crippen LogP contribution in [0, 0.1) is 0 Å². The molecule has 4 nitrogen and oxygen atoms in total. The monoisotopic (exact) mass is 541 g/mol. The fourth-order valence-electron chi connectivity index (χ4n) is 6.08. The van der Waals surface area contributed by atoms with Gasteiger partial charge in [-0.15, -0.1) is 0 Å². The highest BCUT2D eigenvalue weighted by Crippen LogP contribution is 2.40. The molecule has 2 aromatic heterocycles. The fraction of sp³-hybridized carbons (Fsp3) is 0.0526. The van der Waals surface area contributed by atoms with Crippen LogP contribution in [0.1, 0.15) is 22.7 Å². The minimum atomic E-state index is 0.344. The van der Waals surface area contributed by atoms with Crippen LogP contribution in [0.3, 0.4) is 0 Å². The van der Waals surface area contributed by atoms with E-state index in [2.05, 4.69) is 130 Å². The molecule has 4 heteroatoms. The Morgan fingerprint density at radius 1 is 0.643 bits per heavy atom. The number of aromatic nitrogens is 3. The Hall–Kier alpha value is -5.48. The van der Waals surface area contributed by atoms with Crippen molar-refractivity contribution < 1.29 is 4.52 Å². The van der Waals surface area contributed by atoms with E-state index in [9.17, 15) is 0 Å². The molecule has 0 spiro atoms. The maximum Gasteiger partial charge on any atom is 0.258 e. The zero-order chi connectivity index (χ0) is 27.9. The first-order chi connectivity index (χ1) is 20.8. The van der Waals surface area contributed by atoms with Crippen LogP contribution in [0.5, 0.6) is 0 Å². The molecule has 5 aromatic carbocycles. The summed E-state index contributed by atoms with van der Waals surface area (Å²) < 4.78 is 8.01. The number of benzene rings is 5. The molecule has 0 bridgehead atoms. The molecule has 2 heterocycles. The number of hydrogen-bond donors (Lipinski definition) is 0. The van der Waals surface area contributed by atoms with E-state index in [1.165, 1.54) is 38.9 Å². The summed E-state index contributed by atoms with van der Waals surface area (Å²) >= 11 is 0. The average Bonchev–Trinajstić information content (AvgIpc) is 3.69. The molecule has 1 aliphatic carbocycles. The number of rotatable bonds is 5. The molecule has 7 aromatic rings. The Morgan fingerprint density at radius 3 is 2.05 bits per heavy atom. The molecule has 0 N–H and O–H groups in total. The number of nitrogens with zero attached hydrogens (tertiary/aromatic N) is 3. The summed E-state index contributed by atoms with van der Waals surface area (Å²) in [7, 11) is 0. The van der Waals surface area contributed by atoms with Crippen molar-refractivity contribution >= 4 is 17.0 Å². The molecule has 1 aliphatic rings. The molecule has 0 saturated heterocycles. The van der Waals surface area contributed by atoms with Gasteiger partial charge in [0.25, 0.3) is 5.89 Å². The summed E-state index contributed by atoms with van der Waals surface area (Å²) in [4.78, 5) is 4.64. The van der Waals surface area contributed by atoms with Crippen LogP contribution in [0.15, 0.2) is 144 Å². The quantitative estimate of drug-likeness (QED) is 0.218. The lowest BCUT2D eigenvalue weighted by Crippen LogP contribution is -2.07. The summed E-state index contributed by atoms with van der Waals surface area (Å²) in [6, 6.07) is 46.6.